The molecule has 1 N–H and O–H groups in total. The second-order valence-electron chi connectivity index (χ2n) is 4.47. The van der Waals surface area contributed by atoms with Crippen LogP contribution in [0.1, 0.15) is 31.5 Å². The molecule has 15 heavy (non-hydrogen) atoms. The van der Waals surface area contributed by atoms with Gasteiger partial charge in [-0.05, 0) is 19.3 Å². The minimum Gasteiger partial charge on any atom is -0.393 e. The van der Waals surface area contributed by atoms with E-state index in [0.29, 0.717) is 17.5 Å². The third-order valence-corrected chi connectivity index (χ3v) is 2.93. The van der Waals surface area contributed by atoms with E-state index < -0.39 is 0 Å². The van der Waals surface area contributed by atoms with Crippen LogP contribution in [0.2, 0.25) is 5.15 Å². The molecular formula is C11H19ClN2O. The molecule has 0 fully saturated rings. The van der Waals surface area contributed by atoms with Gasteiger partial charge >= 0.3 is 0 Å². The number of nitrogens with zero attached hydrogens (tertiary/aromatic N) is 2. The number of aryl methyl sites for hydroxylation is 2. The number of aliphatic hydroxyl groups is 1. The molecule has 0 bridgehead atoms. The summed E-state index contributed by atoms with van der Waals surface area (Å²) < 4.78 is 1.65. The van der Waals surface area contributed by atoms with Crippen LogP contribution in [0, 0.1) is 12.8 Å². The highest BCUT2D eigenvalue weighted by Crippen LogP contribution is 2.21. The quantitative estimate of drug-likeness (QED) is 0.862. The Hall–Kier alpha value is -0.540. The van der Waals surface area contributed by atoms with Gasteiger partial charge in [0.2, 0.25) is 0 Å². The molecule has 0 aliphatic carbocycles. The van der Waals surface area contributed by atoms with Crippen molar-refractivity contribution in [1.29, 1.82) is 0 Å². The largest absolute Gasteiger partial charge is 0.393 e. The summed E-state index contributed by atoms with van der Waals surface area (Å²) in [5.74, 6) is 0.496. The van der Waals surface area contributed by atoms with E-state index in [0.717, 1.165) is 17.7 Å². The lowest BCUT2D eigenvalue weighted by atomic mass is 10.0. The highest BCUT2D eigenvalue weighted by molar-refractivity contribution is 6.30. The van der Waals surface area contributed by atoms with Gasteiger partial charge in [0, 0.05) is 19.0 Å². The molecule has 1 heterocycles. The maximum atomic E-state index is 9.84. The SMILES string of the molecule is Cc1nn(C)c(Cl)c1CC(O)CC(C)C. The van der Waals surface area contributed by atoms with Crippen molar-refractivity contribution in [3.8, 4) is 0 Å². The van der Waals surface area contributed by atoms with E-state index in [1.807, 2.05) is 14.0 Å². The highest BCUT2D eigenvalue weighted by atomic mass is 35.5. The Morgan fingerprint density at radius 3 is 2.47 bits per heavy atom. The molecule has 0 aliphatic rings. The lowest BCUT2D eigenvalue weighted by Crippen LogP contribution is -2.13. The first-order valence-electron chi connectivity index (χ1n) is 5.27. The third kappa shape index (κ3) is 3.21. The van der Waals surface area contributed by atoms with Crippen molar-refractivity contribution in [2.24, 2.45) is 13.0 Å². The fraction of sp³-hybridized carbons (Fsp3) is 0.727. The van der Waals surface area contributed by atoms with Crippen LogP contribution in [0.15, 0.2) is 0 Å². The number of hydrogen-bond donors (Lipinski definition) is 1. The maximum absolute atomic E-state index is 9.84. The van der Waals surface area contributed by atoms with Crippen LogP contribution in [-0.4, -0.2) is 21.0 Å². The summed E-state index contributed by atoms with van der Waals surface area (Å²) >= 11 is 6.08. The first kappa shape index (κ1) is 12.5. The van der Waals surface area contributed by atoms with Crippen LogP contribution in [0.25, 0.3) is 0 Å². The number of rotatable bonds is 4. The summed E-state index contributed by atoms with van der Waals surface area (Å²) in [6.45, 7) is 6.12. The number of halogens is 1. The van der Waals surface area contributed by atoms with Gasteiger partial charge in [0.05, 0.1) is 11.8 Å². The summed E-state index contributed by atoms with van der Waals surface area (Å²) in [4.78, 5) is 0. The third-order valence-electron chi connectivity index (χ3n) is 2.45. The predicted molar refractivity (Wildman–Crippen MR) is 62.1 cm³/mol. The van der Waals surface area contributed by atoms with Gasteiger partial charge in [-0.2, -0.15) is 5.10 Å². The molecule has 1 aromatic heterocycles. The van der Waals surface area contributed by atoms with E-state index in [4.69, 9.17) is 11.6 Å². The van der Waals surface area contributed by atoms with E-state index in [2.05, 4.69) is 18.9 Å². The summed E-state index contributed by atoms with van der Waals surface area (Å²) in [6.07, 6.45) is 1.06. The fourth-order valence-corrected chi connectivity index (χ4v) is 2.02. The van der Waals surface area contributed by atoms with Crippen LogP contribution in [0.5, 0.6) is 0 Å². The van der Waals surface area contributed by atoms with E-state index >= 15 is 0 Å². The molecule has 86 valence electrons. The van der Waals surface area contributed by atoms with Gasteiger partial charge in [-0.1, -0.05) is 25.4 Å². The molecule has 0 saturated carbocycles. The average Bonchev–Trinajstić information content (AvgIpc) is 2.31. The van der Waals surface area contributed by atoms with E-state index in [1.54, 1.807) is 4.68 Å². The molecule has 0 saturated heterocycles. The Morgan fingerprint density at radius 2 is 2.07 bits per heavy atom. The molecule has 0 radical (unpaired) electrons. The zero-order chi connectivity index (χ0) is 11.6. The van der Waals surface area contributed by atoms with Gasteiger partial charge in [0.15, 0.2) is 0 Å². The molecule has 3 nitrogen and oxygen atoms in total. The van der Waals surface area contributed by atoms with Crippen LogP contribution >= 0.6 is 11.6 Å². The molecule has 1 aromatic rings. The van der Waals surface area contributed by atoms with E-state index in [-0.39, 0.29) is 6.10 Å². The van der Waals surface area contributed by atoms with Crippen LogP contribution in [-0.2, 0) is 13.5 Å². The van der Waals surface area contributed by atoms with Crippen LogP contribution in [0.4, 0.5) is 0 Å². The first-order chi connectivity index (χ1) is 6.91. The summed E-state index contributed by atoms with van der Waals surface area (Å²) in [6, 6.07) is 0. The van der Waals surface area contributed by atoms with Gasteiger partial charge in [-0.3, -0.25) is 4.68 Å². The summed E-state index contributed by atoms with van der Waals surface area (Å²) in [5, 5.41) is 14.7. The molecular weight excluding hydrogens is 212 g/mol. The molecule has 0 aliphatic heterocycles. The van der Waals surface area contributed by atoms with Gasteiger partial charge in [-0.15, -0.1) is 0 Å². The van der Waals surface area contributed by atoms with Gasteiger partial charge in [-0.25, -0.2) is 0 Å². The second kappa shape index (κ2) is 4.99. The molecule has 0 amide bonds. The first-order valence-corrected chi connectivity index (χ1v) is 5.65. The minimum atomic E-state index is -0.328. The Labute approximate surface area is 96.1 Å². The standard InChI is InChI=1S/C11H19ClN2O/c1-7(2)5-9(15)6-10-8(3)13-14(4)11(10)12/h7,9,15H,5-6H2,1-4H3. The topological polar surface area (TPSA) is 38.0 Å². The minimum absolute atomic E-state index is 0.328. The molecule has 0 aromatic carbocycles. The van der Waals surface area contributed by atoms with Crippen molar-refractivity contribution in [1.82, 2.24) is 9.78 Å². The fourth-order valence-electron chi connectivity index (χ4n) is 1.77. The number of aromatic nitrogens is 2. The van der Waals surface area contributed by atoms with Gasteiger partial charge < -0.3 is 5.11 Å². The lowest BCUT2D eigenvalue weighted by molar-refractivity contribution is 0.149. The Kier molecular flexibility index (Phi) is 4.17. The van der Waals surface area contributed by atoms with Crippen molar-refractivity contribution >= 4 is 11.6 Å². The molecule has 1 rings (SSSR count). The number of hydrogen-bond acceptors (Lipinski definition) is 2. The Bertz CT molecular complexity index is 334. The van der Waals surface area contributed by atoms with Gasteiger partial charge in [0.1, 0.15) is 5.15 Å². The molecule has 0 spiro atoms. The highest BCUT2D eigenvalue weighted by Gasteiger charge is 2.16. The van der Waals surface area contributed by atoms with Crippen molar-refractivity contribution in [3.63, 3.8) is 0 Å². The van der Waals surface area contributed by atoms with Crippen LogP contribution in [0.3, 0.4) is 0 Å². The van der Waals surface area contributed by atoms with Crippen LogP contribution < -0.4 is 0 Å². The maximum Gasteiger partial charge on any atom is 0.130 e. The van der Waals surface area contributed by atoms with Crippen molar-refractivity contribution in [2.45, 2.75) is 39.7 Å². The zero-order valence-corrected chi connectivity index (χ0v) is 10.5. The second-order valence-corrected chi connectivity index (χ2v) is 4.82. The van der Waals surface area contributed by atoms with Crippen molar-refractivity contribution in [2.75, 3.05) is 0 Å². The Morgan fingerprint density at radius 1 is 1.47 bits per heavy atom. The predicted octanol–water partition coefficient (Wildman–Crippen LogP) is 2.33. The number of aliphatic hydroxyl groups excluding tert-OH is 1. The lowest BCUT2D eigenvalue weighted by Gasteiger charge is -2.12. The van der Waals surface area contributed by atoms with Gasteiger partial charge in [0.25, 0.3) is 0 Å². The van der Waals surface area contributed by atoms with E-state index in [1.165, 1.54) is 0 Å². The smallest absolute Gasteiger partial charge is 0.130 e. The Balaban J connectivity index is 2.71. The van der Waals surface area contributed by atoms with Crippen molar-refractivity contribution < 1.29 is 5.11 Å². The average molecular weight is 231 g/mol. The monoisotopic (exact) mass is 230 g/mol. The summed E-state index contributed by atoms with van der Waals surface area (Å²) in [7, 11) is 1.81. The normalized spacial score (nSPS) is 13.5. The molecule has 1 atom stereocenters. The van der Waals surface area contributed by atoms with Crippen molar-refractivity contribution in [3.05, 3.63) is 16.4 Å². The zero-order valence-electron chi connectivity index (χ0n) is 9.79. The molecule has 4 heteroatoms. The molecule has 1 unspecified atom stereocenters. The van der Waals surface area contributed by atoms with E-state index in [9.17, 15) is 5.11 Å². The summed E-state index contributed by atoms with van der Waals surface area (Å²) in [5.41, 5.74) is 1.87.